The maximum Gasteiger partial charge on any atom is 0.254 e. The van der Waals surface area contributed by atoms with Crippen molar-refractivity contribution in [3.8, 4) is 28.4 Å². The number of fused-ring (bicyclic) bond motifs is 1. The molecule has 9 nitrogen and oxygen atoms in total. The first-order chi connectivity index (χ1) is 19.5. The van der Waals surface area contributed by atoms with Gasteiger partial charge in [0.1, 0.15) is 12.3 Å². The van der Waals surface area contributed by atoms with Crippen LogP contribution in [0.5, 0.6) is 11.5 Å². The van der Waals surface area contributed by atoms with Crippen molar-refractivity contribution in [2.24, 2.45) is 0 Å². The fourth-order valence-electron chi connectivity index (χ4n) is 4.38. The second-order valence-electron chi connectivity index (χ2n) is 9.02. The molecule has 0 saturated carbocycles. The Morgan fingerprint density at radius 2 is 1.80 bits per heavy atom. The van der Waals surface area contributed by atoms with Gasteiger partial charge in [0.25, 0.3) is 5.91 Å². The van der Waals surface area contributed by atoms with Gasteiger partial charge in [-0.15, -0.1) is 0 Å². The zero-order valence-electron chi connectivity index (χ0n) is 21.1. The average molecular weight is 555 g/mol. The van der Waals surface area contributed by atoms with E-state index in [1.165, 1.54) is 11.2 Å². The summed E-state index contributed by atoms with van der Waals surface area (Å²) < 4.78 is 18.0. The van der Waals surface area contributed by atoms with Crippen molar-refractivity contribution in [2.45, 2.75) is 6.54 Å². The molecule has 0 radical (unpaired) electrons. The van der Waals surface area contributed by atoms with E-state index in [4.69, 9.17) is 25.5 Å². The molecule has 10 heteroatoms. The van der Waals surface area contributed by atoms with Gasteiger partial charge in [-0.2, -0.15) is 0 Å². The highest BCUT2D eigenvalue weighted by Gasteiger charge is 2.24. The highest BCUT2D eigenvalue weighted by molar-refractivity contribution is 6.30. The Labute approximate surface area is 234 Å². The van der Waals surface area contributed by atoms with Gasteiger partial charge >= 0.3 is 0 Å². The van der Waals surface area contributed by atoms with Gasteiger partial charge in [-0.3, -0.25) is 19.5 Å². The number of aromatic nitrogens is 2. The summed E-state index contributed by atoms with van der Waals surface area (Å²) in [6, 6.07) is 25.3. The Morgan fingerprint density at radius 3 is 2.60 bits per heavy atom. The molecule has 0 saturated heterocycles. The molecule has 3 aromatic carbocycles. The van der Waals surface area contributed by atoms with Crippen LogP contribution >= 0.6 is 11.6 Å². The predicted octanol–water partition coefficient (Wildman–Crippen LogP) is 5.80. The number of amides is 2. The van der Waals surface area contributed by atoms with Crippen LogP contribution in [0.15, 0.2) is 102 Å². The van der Waals surface area contributed by atoms with Crippen LogP contribution in [-0.2, 0) is 11.3 Å². The quantitative estimate of drug-likeness (QED) is 0.260. The summed E-state index contributed by atoms with van der Waals surface area (Å²) in [5, 5.41) is 3.42. The van der Waals surface area contributed by atoms with Crippen molar-refractivity contribution < 1.29 is 23.5 Å². The van der Waals surface area contributed by atoms with E-state index in [-0.39, 0.29) is 25.8 Å². The lowest BCUT2D eigenvalue weighted by Gasteiger charge is -2.21. The van der Waals surface area contributed by atoms with E-state index < -0.39 is 5.91 Å². The lowest BCUT2D eigenvalue weighted by Crippen LogP contribution is -2.37. The van der Waals surface area contributed by atoms with Gasteiger partial charge in [0.05, 0.1) is 18.5 Å². The van der Waals surface area contributed by atoms with Crippen LogP contribution in [0.4, 0.5) is 5.95 Å². The molecule has 1 N–H and O–H groups in total. The molecule has 0 bridgehead atoms. The third kappa shape index (κ3) is 5.41. The highest BCUT2D eigenvalue weighted by atomic mass is 35.5. The number of imidazole rings is 1. The molecule has 2 aromatic heterocycles. The molecule has 1 aliphatic rings. The molecule has 0 fully saturated rings. The molecule has 2 amide bonds. The number of halogens is 1. The van der Waals surface area contributed by atoms with Gasteiger partial charge in [-0.05, 0) is 48.5 Å². The SMILES string of the molecule is O=C(CN(Cc1ccco1)C(=O)c1ccc2c(c1)OCO2)Nc1nc(-c2ccccc2)cn1-c1cccc(Cl)c1. The number of carbonyl (C=O) groups excluding carboxylic acids is 2. The van der Waals surface area contributed by atoms with Crippen LogP contribution < -0.4 is 14.8 Å². The van der Waals surface area contributed by atoms with E-state index in [0.717, 1.165) is 11.3 Å². The zero-order chi connectivity index (χ0) is 27.5. The third-order valence-electron chi connectivity index (χ3n) is 6.28. The number of hydrogen-bond donors (Lipinski definition) is 1. The fourth-order valence-corrected chi connectivity index (χ4v) is 4.56. The predicted molar refractivity (Wildman–Crippen MR) is 149 cm³/mol. The van der Waals surface area contributed by atoms with Crippen LogP contribution in [0.3, 0.4) is 0 Å². The Kier molecular flexibility index (Phi) is 6.95. The molecule has 5 aromatic rings. The molecule has 6 rings (SSSR count). The minimum atomic E-state index is -0.436. The van der Waals surface area contributed by atoms with Crippen molar-refractivity contribution >= 4 is 29.4 Å². The van der Waals surface area contributed by atoms with Crippen molar-refractivity contribution in [3.63, 3.8) is 0 Å². The topological polar surface area (TPSA) is 98.8 Å². The van der Waals surface area contributed by atoms with E-state index in [1.54, 1.807) is 47.0 Å². The molecule has 0 spiro atoms. The van der Waals surface area contributed by atoms with Crippen molar-refractivity contribution in [1.82, 2.24) is 14.5 Å². The average Bonchev–Trinajstić information content (AvgIpc) is 3.74. The molecular formula is C30H23ClN4O5. The normalized spacial score (nSPS) is 11.8. The van der Waals surface area contributed by atoms with Crippen molar-refractivity contribution in [2.75, 3.05) is 18.7 Å². The molecule has 200 valence electrons. The summed E-state index contributed by atoms with van der Waals surface area (Å²) >= 11 is 6.25. The number of rotatable bonds is 8. The second-order valence-corrected chi connectivity index (χ2v) is 9.46. The van der Waals surface area contributed by atoms with Crippen LogP contribution in [0, 0.1) is 0 Å². The van der Waals surface area contributed by atoms with Gasteiger partial charge in [0, 0.05) is 28.0 Å². The van der Waals surface area contributed by atoms with Gasteiger partial charge in [-0.1, -0.05) is 48.0 Å². The number of carbonyl (C=O) groups is 2. The summed E-state index contributed by atoms with van der Waals surface area (Å²) in [5.41, 5.74) is 2.63. The zero-order valence-corrected chi connectivity index (χ0v) is 21.9. The molecular weight excluding hydrogens is 532 g/mol. The van der Waals surface area contributed by atoms with Crippen LogP contribution in [0.25, 0.3) is 16.9 Å². The van der Waals surface area contributed by atoms with Crippen LogP contribution in [-0.4, -0.2) is 39.6 Å². The minimum Gasteiger partial charge on any atom is -0.467 e. The highest BCUT2D eigenvalue weighted by Crippen LogP contribution is 2.33. The molecule has 1 aliphatic heterocycles. The first-order valence-electron chi connectivity index (χ1n) is 12.5. The number of nitrogens with zero attached hydrogens (tertiary/aromatic N) is 3. The summed E-state index contributed by atoms with van der Waals surface area (Å²) in [4.78, 5) is 33.0. The largest absolute Gasteiger partial charge is 0.467 e. The standard InChI is InChI=1S/C30H23ClN4O5/c31-22-8-4-9-23(15-22)35-17-25(20-6-2-1-3-7-20)32-30(35)33-28(36)18-34(16-24-10-5-13-38-24)29(37)21-11-12-26-27(14-21)40-19-39-26/h1-15,17H,16,18-19H2,(H,32,33,36). The second kappa shape index (κ2) is 11.0. The Balaban J connectivity index is 1.28. The Hall–Kier alpha value is -5.02. The molecule has 40 heavy (non-hydrogen) atoms. The number of hydrogen-bond acceptors (Lipinski definition) is 6. The van der Waals surface area contributed by atoms with E-state index >= 15 is 0 Å². The smallest absolute Gasteiger partial charge is 0.254 e. The van der Waals surface area contributed by atoms with E-state index in [9.17, 15) is 9.59 Å². The van der Waals surface area contributed by atoms with E-state index in [1.807, 2.05) is 48.7 Å². The molecule has 0 aliphatic carbocycles. The van der Waals surface area contributed by atoms with E-state index in [2.05, 4.69) is 10.3 Å². The lowest BCUT2D eigenvalue weighted by atomic mass is 10.1. The summed E-state index contributed by atoms with van der Waals surface area (Å²) in [7, 11) is 0. The number of nitrogens with one attached hydrogen (secondary N) is 1. The first kappa shape index (κ1) is 25.3. The maximum absolute atomic E-state index is 13.5. The van der Waals surface area contributed by atoms with Crippen molar-refractivity contribution in [3.05, 3.63) is 114 Å². The van der Waals surface area contributed by atoms with Crippen molar-refractivity contribution in [1.29, 1.82) is 0 Å². The molecule has 3 heterocycles. The number of anilines is 1. The lowest BCUT2D eigenvalue weighted by molar-refractivity contribution is -0.117. The number of ether oxygens (including phenoxy) is 2. The van der Waals surface area contributed by atoms with Gasteiger partial charge in [0.2, 0.25) is 18.6 Å². The number of benzene rings is 3. The molecule has 0 atom stereocenters. The fraction of sp³-hybridized carbons (Fsp3) is 0.100. The number of furan rings is 1. The maximum atomic E-state index is 13.5. The van der Waals surface area contributed by atoms with Crippen LogP contribution in [0.1, 0.15) is 16.1 Å². The van der Waals surface area contributed by atoms with Gasteiger partial charge in [-0.25, -0.2) is 4.98 Å². The summed E-state index contributed by atoms with van der Waals surface area (Å²) in [5.74, 6) is 1.06. The molecule has 0 unspecified atom stereocenters. The van der Waals surface area contributed by atoms with Crippen LogP contribution in [0.2, 0.25) is 5.02 Å². The minimum absolute atomic E-state index is 0.0890. The Bertz CT molecular complexity index is 1670. The monoisotopic (exact) mass is 554 g/mol. The van der Waals surface area contributed by atoms with E-state index in [0.29, 0.717) is 39.5 Å². The third-order valence-corrected chi connectivity index (χ3v) is 6.52. The summed E-state index contributed by atoms with van der Waals surface area (Å²) in [6.07, 6.45) is 3.35. The summed E-state index contributed by atoms with van der Waals surface area (Å²) in [6.45, 7) is -0.0710. The van der Waals surface area contributed by atoms with Gasteiger partial charge < -0.3 is 18.8 Å². The Morgan fingerprint density at radius 1 is 0.950 bits per heavy atom. The van der Waals surface area contributed by atoms with Gasteiger partial charge in [0.15, 0.2) is 11.5 Å². The first-order valence-corrected chi connectivity index (χ1v) is 12.8.